The molecular weight excluding hydrogens is 291 g/mol. The van der Waals surface area contributed by atoms with Crippen molar-refractivity contribution in [2.75, 3.05) is 20.6 Å². The summed E-state index contributed by atoms with van der Waals surface area (Å²) in [5, 5.41) is 5.20. The zero-order valence-electron chi connectivity index (χ0n) is 12.5. The second kappa shape index (κ2) is 6.65. The van der Waals surface area contributed by atoms with E-state index >= 15 is 0 Å². The van der Waals surface area contributed by atoms with Crippen molar-refractivity contribution in [3.8, 4) is 0 Å². The van der Waals surface area contributed by atoms with Crippen molar-refractivity contribution in [2.24, 2.45) is 0 Å². The van der Waals surface area contributed by atoms with E-state index in [2.05, 4.69) is 31.2 Å². The summed E-state index contributed by atoms with van der Waals surface area (Å²) in [6.07, 6.45) is 4.94. The maximum absolute atomic E-state index is 6.45. The molecule has 20 heavy (non-hydrogen) atoms. The molecule has 0 amide bonds. The molecule has 1 aliphatic carbocycles. The molecule has 2 rings (SSSR count). The third kappa shape index (κ3) is 2.99. The second-order valence-corrected chi connectivity index (χ2v) is 6.71. The van der Waals surface area contributed by atoms with Crippen LogP contribution in [0.3, 0.4) is 0 Å². The van der Waals surface area contributed by atoms with Crippen molar-refractivity contribution >= 4 is 23.2 Å². The van der Waals surface area contributed by atoms with Gasteiger partial charge in [-0.05, 0) is 57.2 Å². The molecule has 0 saturated heterocycles. The monoisotopic (exact) mass is 314 g/mol. The summed E-state index contributed by atoms with van der Waals surface area (Å²) >= 11 is 12.6. The maximum atomic E-state index is 6.45. The molecule has 1 fully saturated rings. The van der Waals surface area contributed by atoms with Gasteiger partial charge in [-0.25, -0.2) is 0 Å². The standard InChI is InChI=1S/C16H24Cl2N2/c1-4-19-15(13-11-12(17)7-8-14(13)18)16(20(2)3)9-5-6-10-16/h7-8,11,15,19H,4-6,9-10H2,1-3H3. The van der Waals surface area contributed by atoms with Gasteiger partial charge in [-0.15, -0.1) is 0 Å². The number of hydrogen-bond acceptors (Lipinski definition) is 2. The molecular formula is C16H24Cl2N2. The molecule has 0 bridgehead atoms. The average Bonchev–Trinajstić information content (AvgIpc) is 2.90. The average molecular weight is 315 g/mol. The predicted octanol–water partition coefficient (Wildman–Crippen LogP) is 4.52. The van der Waals surface area contributed by atoms with E-state index in [1.165, 1.54) is 25.7 Å². The highest BCUT2D eigenvalue weighted by atomic mass is 35.5. The number of benzene rings is 1. The smallest absolute Gasteiger partial charge is 0.0522 e. The Balaban J connectivity index is 2.46. The Hall–Kier alpha value is -0.280. The van der Waals surface area contributed by atoms with Crippen LogP contribution in [0.5, 0.6) is 0 Å². The van der Waals surface area contributed by atoms with E-state index in [1.807, 2.05) is 18.2 Å². The summed E-state index contributed by atoms with van der Waals surface area (Å²) in [5.74, 6) is 0. The van der Waals surface area contributed by atoms with Crippen LogP contribution in [0.1, 0.15) is 44.2 Å². The summed E-state index contributed by atoms with van der Waals surface area (Å²) in [7, 11) is 4.35. The molecule has 1 aliphatic rings. The maximum Gasteiger partial charge on any atom is 0.0522 e. The van der Waals surface area contributed by atoms with Gasteiger partial charge in [-0.2, -0.15) is 0 Å². The van der Waals surface area contributed by atoms with Gasteiger partial charge in [-0.1, -0.05) is 43.0 Å². The van der Waals surface area contributed by atoms with E-state index in [-0.39, 0.29) is 11.6 Å². The molecule has 0 aromatic heterocycles. The number of halogens is 2. The van der Waals surface area contributed by atoms with Crippen LogP contribution >= 0.6 is 23.2 Å². The molecule has 1 N–H and O–H groups in total. The number of hydrogen-bond donors (Lipinski definition) is 1. The van der Waals surface area contributed by atoms with Crippen LogP contribution in [0.4, 0.5) is 0 Å². The largest absolute Gasteiger partial charge is 0.309 e. The molecule has 1 atom stereocenters. The summed E-state index contributed by atoms with van der Waals surface area (Å²) in [6.45, 7) is 3.06. The first kappa shape index (κ1) is 16.1. The number of nitrogens with zero attached hydrogens (tertiary/aromatic N) is 1. The minimum absolute atomic E-state index is 0.129. The fourth-order valence-corrected chi connectivity index (χ4v) is 3.92. The fourth-order valence-electron chi connectivity index (χ4n) is 3.51. The van der Waals surface area contributed by atoms with Crippen LogP contribution in [0, 0.1) is 0 Å². The van der Waals surface area contributed by atoms with E-state index in [9.17, 15) is 0 Å². The second-order valence-electron chi connectivity index (χ2n) is 5.86. The van der Waals surface area contributed by atoms with Crippen molar-refractivity contribution < 1.29 is 0 Å². The molecule has 1 aromatic carbocycles. The zero-order chi connectivity index (χ0) is 14.8. The van der Waals surface area contributed by atoms with Crippen molar-refractivity contribution in [3.63, 3.8) is 0 Å². The van der Waals surface area contributed by atoms with E-state index in [1.54, 1.807) is 0 Å². The highest BCUT2D eigenvalue weighted by molar-refractivity contribution is 6.33. The van der Waals surface area contributed by atoms with Gasteiger partial charge in [0.2, 0.25) is 0 Å². The van der Waals surface area contributed by atoms with Crippen LogP contribution in [0.15, 0.2) is 18.2 Å². The molecule has 112 valence electrons. The van der Waals surface area contributed by atoms with E-state index < -0.39 is 0 Å². The predicted molar refractivity (Wildman–Crippen MR) is 87.8 cm³/mol. The van der Waals surface area contributed by atoms with Gasteiger partial charge in [0.25, 0.3) is 0 Å². The Labute approximate surface area is 132 Å². The van der Waals surface area contributed by atoms with Gasteiger partial charge in [-0.3, -0.25) is 0 Å². The van der Waals surface area contributed by atoms with Crippen LogP contribution < -0.4 is 5.32 Å². The highest BCUT2D eigenvalue weighted by Gasteiger charge is 2.44. The lowest BCUT2D eigenvalue weighted by Gasteiger charge is -2.44. The summed E-state index contributed by atoms with van der Waals surface area (Å²) in [6, 6.07) is 5.99. The van der Waals surface area contributed by atoms with Gasteiger partial charge in [0.05, 0.1) is 6.04 Å². The van der Waals surface area contributed by atoms with Gasteiger partial charge in [0, 0.05) is 15.6 Å². The lowest BCUT2D eigenvalue weighted by atomic mass is 9.82. The zero-order valence-corrected chi connectivity index (χ0v) is 14.1. The number of likely N-dealkylation sites (N-methyl/N-ethyl adjacent to an activating group) is 2. The number of rotatable bonds is 5. The number of nitrogens with one attached hydrogen (secondary N) is 1. The van der Waals surface area contributed by atoms with Crippen LogP contribution in [0.25, 0.3) is 0 Å². The Kier molecular flexibility index (Phi) is 5.36. The molecule has 0 aliphatic heterocycles. The molecule has 4 heteroatoms. The van der Waals surface area contributed by atoms with Crippen molar-refractivity contribution in [1.29, 1.82) is 0 Å². The van der Waals surface area contributed by atoms with Gasteiger partial charge < -0.3 is 10.2 Å². The van der Waals surface area contributed by atoms with E-state index in [4.69, 9.17) is 23.2 Å². The minimum Gasteiger partial charge on any atom is -0.309 e. The van der Waals surface area contributed by atoms with Gasteiger partial charge in [0.15, 0.2) is 0 Å². The SMILES string of the molecule is CCNC(c1cc(Cl)ccc1Cl)C1(N(C)C)CCCC1. The minimum atomic E-state index is 0.129. The molecule has 1 unspecified atom stereocenters. The summed E-state index contributed by atoms with van der Waals surface area (Å²) in [4.78, 5) is 2.37. The Morgan fingerprint density at radius 2 is 1.90 bits per heavy atom. The van der Waals surface area contributed by atoms with Crippen molar-refractivity contribution in [2.45, 2.75) is 44.2 Å². The van der Waals surface area contributed by atoms with E-state index in [0.29, 0.717) is 0 Å². The quantitative estimate of drug-likeness (QED) is 0.859. The van der Waals surface area contributed by atoms with Gasteiger partial charge in [0.1, 0.15) is 0 Å². The molecule has 0 spiro atoms. The van der Waals surface area contributed by atoms with Crippen LogP contribution in [-0.4, -0.2) is 31.1 Å². The summed E-state index contributed by atoms with van der Waals surface area (Å²) < 4.78 is 0. The first-order chi connectivity index (χ1) is 9.51. The van der Waals surface area contributed by atoms with Crippen molar-refractivity contribution in [3.05, 3.63) is 33.8 Å². The Morgan fingerprint density at radius 3 is 2.45 bits per heavy atom. The van der Waals surface area contributed by atoms with Crippen molar-refractivity contribution in [1.82, 2.24) is 10.2 Å². The van der Waals surface area contributed by atoms with Crippen LogP contribution in [0.2, 0.25) is 10.0 Å². The first-order valence-corrected chi connectivity index (χ1v) is 8.12. The molecule has 1 aromatic rings. The lowest BCUT2D eigenvalue weighted by Crippen LogP contribution is -2.52. The normalized spacial score (nSPS) is 19.5. The Morgan fingerprint density at radius 1 is 1.25 bits per heavy atom. The Bertz CT molecular complexity index is 454. The van der Waals surface area contributed by atoms with E-state index in [0.717, 1.165) is 22.2 Å². The molecule has 1 saturated carbocycles. The molecule has 2 nitrogen and oxygen atoms in total. The highest BCUT2D eigenvalue weighted by Crippen LogP contribution is 2.45. The third-order valence-corrected chi connectivity index (χ3v) is 5.15. The first-order valence-electron chi connectivity index (χ1n) is 7.37. The third-order valence-electron chi connectivity index (χ3n) is 4.57. The topological polar surface area (TPSA) is 15.3 Å². The molecule has 0 radical (unpaired) electrons. The lowest BCUT2D eigenvalue weighted by molar-refractivity contribution is 0.105. The molecule has 0 heterocycles. The van der Waals surface area contributed by atoms with Gasteiger partial charge >= 0.3 is 0 Å². The summed E-state index contributed by atoms with van der Waals surface area (Å²) in [5.41, 5.74) is 1.25. The van der Waals surface area contributed by atoms with Crippen LogP contribution in [-0.2, 0) is 0 Å². The fraction of sp³-hybridized carbons (Fsp3) is 0.625.